The van der Waals surface area contributed by atoms with Crippen molar-refractivity contribution in [3.63, 3.8) is 0 Å². The van der Waals surface area contributed by atoms with Crippen LogP contribution in [0.4, 0.5) is 0 Å². The van der Waals surface area contributed by atoms with E-state index in [9.17, 15) is 9.90 Å². The average Bonchev–Trinajstić information content (AvgIpc) is 3.26. The molecule has 0 saturated carbocycles. The van der Waals surface area contributed by atoms with Gasteiger partial charge in [-0.1, -0.05) is 97.1 Å². The van der Waals surface area contributed by atoms with Crippen LogP contribution in [0.15, 0.2) is 103 Å². The molecule has 172 valence electrons. The lowest BCUT2D eigenvalue weighted by molar-refractivity contribution is -0.127. The van der Waals surface area contributed by atoms with Crippen LogP contribution in [0.2, 0.25) is 0 Å². The molecule has 1 heterocycles. The summed E-state index contributed by atoms with van der Waals surface area (Å²) >= 11 is 0. The number of carbonyl (C=O) groups excluding carboxylic acids is 1. The minimum absolute atomic E-state index is 0.00338. The van der Waals surface area contributed by atoms with Gasteiger partial charge in [-0.05, 0) is 39.9 Å². The van der Waals surface area contributed by atoms with Crippen molar-refractivity contribution in [1.82, 2.24) is 10.6 Å². The van der Waals surface area contributed by atoms with Crippen LogP contribution in [0.25, 0.3) is 10.8 Å². The van der Waals surface area contributed by atoms with Crippen LogP contribution in [0.5, 0.6) is 0 Å². The third-order valence-electron chi connectivity index (χ3n) is 6.99. The molecule has 3 N–H and O–H groups in total. The van der Waals surface area contributed by atoms with Gasteiger partial charge in [-0.15, -0.1) is 0 Å². The van der Waals surface area contributed by atoms with E-state index in [0.29, 0.717) is 6.54 Å². The van der Waals surface area contributed by atoms with Gasteiger partial charge in [0.1, 0.15) is 0 Å². The lowest BCUT2D eigenvalue weighted by Crippen LogP contribution is -2.38. The Morgan fingerprint density at radius 2 is 1.44 bits per heavy atom. The van der Waals surface area contributed by atoms with Crippen molar-refractivity contribution in [2.24, 2.45) is 11.8 Å². The molecule has 0 unspecified atom stereocenters. The summed E-state index contributed by atoms with van der Waals surface area (Å²) in [6, 6.07) is 34.7. The van der Waals surface area contributed by atoms with Gasteiger partial charge in [0.15, 0.2) is 0 Å². The summed E-state index contributed by atoms with van der Waals surface area (Å²) in [6.07, 6.45) is 0.763. The molecule has 4 nitrogen and oxygen atoms in total. The molecule has 0 spiro atoms. The molecule has 4 aromatic rings. The Hall–Kier alpha value is -3.47. The van der Waals surface area contributed by atoms with Gasteiger partial charge >= 0.3 is 0 Å². The molecule has 1 amide bonds. The lowest BCUT2D eigenvalue weighted by Gasteiger charge is -2.24. The van der Waals surface area contributed by atoms with Crippen LogP contribution in [0.1, 0.15) is 22.7 Å². The van der Waals surface area contributed by atoms with E-state index in [2.05, 4.69) is 53.1 Å². The van der Waals surface area contributed by atoms with E-state index in [4.69, 9.17) is 0 Å². The van der Waals surface area contributed by atoms with Crippen molar-refractivity contribution in [2.75, 3.05) is 6.61 Å². The second-order valence-corrected chi connectivity index (χ2v) is 9.12. The Kier molecular flexibility index (Phi) is 6.70. The summed E-state index contributed by atoms with van der Waals surface area (Å²) in [5.41, 5.74) is 3.33. The number of fused-ring (bicyclic) bond motifs is 1. The average molecular weight is 451 g/mol. The molecular weight excluding hydrogens is 420 g/mol. The van der Waals surface area contributed by atoms with Crippen LogP contribution in [-0.2, 0) is 17.8 Å². The van der Waals surface area contributed by atoms with Gasteiger partial charge in [0.05, 0.1) is 5.92 Å². The number of amides is 1. The fourth-order valence-corrected chi connectivity index (χ4v) is 5.23. The number of hydrogen-bond acceptors (Lipinski definition) is 3. The molecule has 0 aliphatic carbocycles. The highest BCUT2D eigenvalue weighted by molar-refractivity contribution is 5.84. The highest BCUT2D eigenvalue weighted by atomic mass is 16.3. The van der Waals surface area contributed by atoms with Gasteiger partial charge in [-0.25, -0.2) is 0 Å². The van der Waals surface area contributed by atoms with Crippen molar-refractivity contribution in [3.8, 4) is 0 Å². The molecular formula is C30H30N2O2. The van der Waals surface area contributed by atoms with E-state index in [1.807, 2.05) is 60.7 Å². The first kappa shape index (κ1) is 22.3. The zero-order chi connectivity index (χ0) is 23.3. The SMILES string of the molecule is O=C(NCc1ccccc1)[C@@H]1[C@H](CO)[C@@H](Cc2ccccc2)N[C@@H]1c1ccc2ccccc2c1. The van der Waals surface area contributed by atoms with Crippen LogP contribution >= 0.6 is 0 Å². The Morgan fingerprint density at radius 1 is 0.794 bits per heavy atom. The van der Waals surface area contributed by atoms with E-state index < -0.39 is 0 Å². The maximum atomic E-state index is 13.6. The number of hydrogen-bond donors (Lipinski definition) is 3. The molecule has 4 aromatic carbocycles. The monoisotopic (exact) mass is 450 g/mol. The fraction of sp³-hybridized carbons (Fsp3) is 0.233. The van der Waals surface area contributed by atoms with Crippen molar-refractivity contribution in [1.29, 1.82) is 0 Å². The zero-order valence-corrected chi connectivity index (χ0v) is 19.1. The molecule has 1 saturated heterocycles. The largest absolute Gasteiger partial charge is 0.396 e. The highest BCUT2D eigenvalue weighted by Gasteiger charge is 2.46. The molecule has 0 aromatic heterocycles. The third kappa shape index (κ3) is 4.74. The van der Waals surface area contributed by atoms with E-state index in [0.717, 1.165) is 22.9 Å². The summed E-state index contributed by atoms with van der Waals surface area (Å²) < 4.78 is 0. The summed E-state index contributed by atoms with van der Waals surface area (Å²) in [4.78, 5) is 13.6. The van der Waals surface area contributed by atoms with Gasteiger partial charge in [0.25, 0.3) is 0 Å². The van der Waals surface area contributed by atoms with Crippen LogP contribution < -0.4 is 10.6 Å². The third-order valence-corrected chi connectivity index (χ3v) is 6.99. The smallest absolute Gasteiger partial charge is 0.225 e. The van der Waals surface area contributed by atoms with Gasteiger partial charge in [-0.3, -0.25) is 4.79 Å². The molecule has 4 atom stereocenters. The second-order valence-electron chi connectivity index (χ2n) is 9.12. The predicted octanol–water partition coefficient (Wildman–Crippen LogP) is 4.64. The Balaban J connectivity index is 1.45. The van der Waals surface area contributed by atoms with Gasteiger partial charge in [0.2, 0.25) is 5.91 Å². The van der Waals surface area contributed by atoms with Crippen molar-refractivity contribution < 1.29 is 9.90 Å². The van der Waals surface area contributed by atoms with Crippen LogP contribution in [0.3, 0.4) is 0 Å². The quantitative estimate of drug-likeness (QED) is 0.385. The van der Waals surface area contributed by atoms with Gasteiger partial charge in [-0.2, -0.15) is 0 Å². The standard InChI is InChI=1S/C30H30N2O2/c33-20-26-27(17-21-9-3-1-4-10-21)32-29(25-16-15-23-13-7-8-14-24(23)18-25)28(26)30(34)31-19-22-11-5-2-6-12-22/h1-16,18,26-29,32-33H,17,19-20H2,(H,31,34)/t26-,27-,28-,29-/m1/s1. The number of aliphatic hydroxyl groups is 1. The summed E-state index contributed by atoms with van der Waals surface area (Å²) in [6.45, 7) is 0.431. The topological polar surface area (TPSA) is 61.4 Å². The predicted molar refractivity (Wildman–Crippen MR) is 136 cm³/mol. The molecule has 1 fully saturated rings. The van der Waals surface area contributed by atoms with Crippen molar-refractivity contribution >= 4 is 16.7 Å². The normalized spacial score (nSPS) is 22.0. The number of aliphatic hydroxyl groups excluding tert-OH is 1. The Bertz CT molecular complexity index is 1240. The number of rotatable bonds is 7. The molecule has 1 aliphatic rings. The summed E-state index contributed by atoms with van der Waals surface area (Å²) in [5.74, 6) is -0.583. The molecule has 0 bridgehead atoms. The zero-order valence-electron chi connectivity index (χ0n) is 19.1. The molecule has 1 aliphatic heterocycles. The number of carbonyl (C=O) groups is 1. The van der Waals surface area contributed by atoms with E-state index in [-0.39, 0.29) is 36.4 Å². The van der Waals surface area contributed by atoms with Gasteiger partial charge < -0.3 is 15.7 Å². The highest BCUT2D eigenvalue weighted by Crippen LogP contribution is 2.39. The first-order valence-electron chi connectivity index (χ1n) is 11.9. The second kappa shape index (κ2) is 10.2. The molecule has 34 heavy (non-hydrogen) atoms. The van der Waals surface area contributed by atoms with Crippen molar-refractivity contribution in [2.45, 2.75) is 25.0 Å². The van der Waals surface area contributed by atoms with E-state index in [1.54, 1.807) is 0 Å². The fourth-order valence-electron chi connectivity index (χ4n) is 5.23. The van der Waals surface area contributed by atoms with Crippen LogP contribution in [-0.4, -0.2) is 23.7 Å². The Labute approximate surface area is 200 Å². The van der Waals surface area contributed by atoms with E-state index >= 15 is 0 Å². The first-order chi connectivity index (χ1) is 16.7. The molecule has 5 rings (SSSR count). The minimum atomic E-state index is -0.372. The molecule has 0 radical (unpaired) electrons. The maximum Gasteiger partial charge on any atom is 0.225 e. The van der Waals surface area contributed by atoms with Crippen molar-refractivity contribution in [3.05, 3.63) is 120 Å². The van der Waals surface area contributed by atoms with Crippen LogP contribution in [0, 0.1) is 11.8 Å². The number of nitrogens with one attached hydrogen (secondary N) is 2. The van der Waals surface area contributed by atoms with Gasteiger partial charge in [0, 0.05) is 31.2 Å². The summed E-state index contributed by atoms with van der Waals surface area (Å²) in [7, 11) is 0. The maximum absolute atomic E-state index is 13.6. The number of benzene rings is 4. The Morgan fingerprint density at radius 3 is 2.15 bits per heavy atom. The minimum Gasteiger partial charge on any atom is -0.396 e. The molecule has 4 heteroatoms. The first-order valence-corrected chi connectivity index (χ1v) is 11.9. The lowest BCUT2D eigenvalue weighted by atomic mass is 9.82. The summed E-state index contributed by atoms with van der Waals surface area (Å²) in [5, 5.41) is 19.6. The van der Waals surface area contributed by atoms with E-state index in [1.165, 1.54) is 10.9 Å².